The number of rotatable bonds is 1. The second-order valence-corrected chi connectivity index (χ2v) is 5.20. The van der Waals surface area contributed by atoms with E-state index in [0.717, 1.165) is 21.8 Å². The third-order valence-electron chi connectivity index (χ3n) is 2.25. The molecule has 3 rings (SSSR count). The van der Waals surface area contributed by atoms with Crippen molar-refractivity contribution in [2.75, 3.05) is 0 Å². The molecule has 0 N–H and O–H groups in total. The van der Waals surface area contributed by atoms with Crippen LogP contribution in [0.25, 0.3) is 0 Å². The zero-order chi connectivity index (χ0) is 11.0. The van der Waals surface area contributed by atoms with Crippen LogP contribution < -0.4 is 14.4 Å². The Bertz CT molecular complexity index is 488. The topological polar surface area (TPSA) is 18.5 Å². The highest BCUT2D eigenvalue weighted by Gasteiger charge is 2.27. The van der Waals surface area contributed by atoms with Crippen LogP contribution in [0.2, 0.25) is 5.02 Å². The summed E-state index contributed by atoms with van der Waals surface area (Å²) in [5, 5.41) is 1.74. The van der Waals surface area contributed by atoms with Crippen LogP contribution >= 0.6 is 20.0 Å². The maximum atomic E-state index is 5.83. The van der Waals surface area contributed by atoms with Gasteiger partial charge in [-0.2, -0.15) is 0 Å². The van der Waals surface area contributed by atoms with Gasteiger partial charge >= 0.3 is 8.38 Å². The van der Waals surface area contributed by atoms with Gasteiger partial charge in [0.05, 0.1) is 5.30 Å². The minimum atomic E-state index is -1.04. The van der Waals surface area contributed by atoms with Crippen molar-refractivity contribution in [1.29, 1.82) is 0 Å². The molecule has 1 heterocycles. The van der Waals surface area contributed by atoms with E-state index in [0.29, 0.717) is 0 Å². The van der Waals surface area contributed by atoms with Crippen molar-refractivity contribution in [2.45, 2.75) is 0 Å². The monoisotopic (exact) mass is 250 g/mol. The molecule has 16 heavy (non-hydrogen) atoms. The Labute approximate surface area is 99.7 Å². The molecule has 2 aromatic rings. The third kappa shape index (κ3) is 1.75. The summed E-state index contributed by atoms with van der Waals surface area (Å²) in [5.74, 6) is 1.62. The largest absolute Gasteiger partial charge is 0.431 e. The number of benzene rings is 2. The first kappa shape index (κ1) is 9.95. The molecular weight excluding hydrogens is 243 g/mol. The first-order valence-electron chi connectivity index (χ1n) is 4.83. The van der Waals surface area contributed by atoms with Crippen LogP contribution in [0.4, 0.5) is 0 Å². The molecule has 1 aliphatic rings. The van der Waals surface area contributed by atoms with Gasteiger partial charge in [0, 0.05) is 5.02 Å². The molecule has 2 aromatic carbocycles. The standard InChI is InChI=1S/C12H8ClO2P/c13-9-5-7-10(8-6-9)16-14-11-3-1-2-4-12(11)15-16/h1-8H. The molecule has 0 unspecified atom stereocenters. The lowest BCUT2D eigenvalue weighted by Gasteiger charge is -2.07. The van der Waals surface area contributed by atoms with Crippen molar-refractivity contribution in [3.05, 3.63) is 53.6 Å². The highest BCUT2D eigenvalue weighted by molar-refractivity contribution is 7.57. The SMILES string of the molecule is Clc1ccc(P2Oc3ccccc3O2)cc1. The van der Waals surface area contributed by atoms with Crippen molar-refractivity contribution in [3.63, 3.8) is 0 Å². The van der Waals surface area contributed by atoms with E-state index in [2.05, 4.69) is 0 Å². The molecule has 0 bridgehead atoms. The minimum Gasteiger partial charge on any atom is -0.431 e. The average Bonchev–Trinajstić information content (AvgIpc) is 2.73. The third-order valence-corrected chi connectivity index (χ3v) is 3.95. The van der Waals surface area contributed by atoms with Crippen LogP contribution in [0.5, 0.6) is 11.5 Å². The second-order valence-electron chi connectivity index (χ2n) is 3.36. The van der Waals surface area contributed by atoms with Crippen molar-refractivity contribution in [1.82, 2.24) is 0 Å². The summed E-state index contributed by atoms with van der Waals surface area (Å²) in [6, 6.07) is 15.2. The summed E-state index contributed by atoms with van der Waals surface area (Å²) in [5.41, 5.74) is 0. The van der Waals surface area contributed by atoms with Gasteiger partial charge < -0.3 is 9.05 Å². The Morgan fingerprint density at radius 2 is 1.38 bits per heavy atom. The number of halogens is 1. The summed E-state index contributed by atoms with van der Waals surface area (Å²) in [7, 11) is -1.04. The molecule has 0 aliphatic carbocycles. The second kappa shape index (κ2) is 3.97. The maximum Gasteiger partial charge on any atom is 0.326 e. The Morgan fingerprint density at radius 3 is 1.94 bits per heavy atom. The lowest BCUT2D eigenvalue weighted by Crippen LogP contribution is -2.04. The van der Waals surface area contributed by atoms with Crippen LogP contribution in [-0.4, -0.2) is 0 Å². The maximum absolute atomic E-state index is 5.83. The van der Waals surface area contributed by atoms with Crippen molar-refractivity contribution in [2.24, 2.45) is 0 Å². The number of fused-ring (bicyclic) bond motifs is 1. The Hall–Kier alpha value is -1.24. The van der Waals surface area contributed by atoms with E-state index in [1.807, 2.05) is 48.5 Å². The Morgan fingerprint density at radius 1 is 0.812 bits per heavy atom. The van der Waals surface area contributed by atoms with E-state index in [4.69, 9.17) is 20.6 Å². The van der Waals surface area contributed by atoms with Gasteiger partial charge in [-0.15, -0.1) is 0 Å². The van der Waals surface area contributed by atoms with Crippen LogP contribution in [0.1, 0.15) is 0 Å². The molecule has 0 aromatic heterocycles. The average molecular weight is 251 g/mol. The van der Waals surface area contributed by atoms with Crippen molar-refractivity contribution < 1.29 is 9.05 Å². The molecule has 0 fully saturated rings. The summed E-state index contributed by atoms with van der Waals surface area (Å²) in [6.45, 7) is 0. The molecule has 80 valence electrons. The minimum absolute atomic E-state index is 0.718. The van der Waals surface area contributed by atoms with Gasteiger partial charge in [0.15, 0.2) is 11.5 Å². The first-order valence-corrected chi connectivity index (χ1v) is 6.39. The molecule has 0 amide bonds. The molecule has 0 spiro atoms. The highest BCUT2D eigenvalue weighted by Crippen LogP contribution is 2.51. The fourth-order valence-corrected chi connectivity index (χ4v) is 2.89. The van der Waals surface area contributed by atoms with Crippen LogP contribution in [0.3, 0.4) is 0 Å². The predicted octanol–water partition coefficient (Wildman–Crippen LogP) is 3.75. The fraction of sp³-hybridized carbons (Fsp3) is 0. The zero-order valence-corrected chi connectivity index (χ0v) is 9.91. The van der Waals surface area contributed by atoms with E-state index >= 15 is 0 Å². The number of para-hydroxylation sites is 2. The normalized spacial score (nSPS) is 14.1. The van der Waals surface area contributed by atoms with Crippen molar-refractivity contribution >= 4 is 25.3 Å². The van der Waals surface area contributed by atoms with Crippen LogP contribution in [-0.2, 0) is 0 Å². The quantitative estimate of drug-likeness (QED) is 0.718. The van der Waals surface area contributed by atoms with Crippen LogP contribution in [0.15, 0.2) is 48.5 Å². The molecule has 0 atom stereocenters. The van der Waals surface area contributed by atoms with E-state index in [1.165, 1.54) is 0 Å². The lowest BCUT2D eigenvalue weighted by atomic mass is 10.3. The molecule has 2 nitrogen and oxygen atoms in total. The molecule has 0 saturated carbocycles. The number of hydrogen-bond donors (Lipinski definition) is 0. The van der Waals surface area contributed by atoms with E-state index < -0.39 is 8.38 Å². The lowest BCUT2D eigenvalue weighted by molar-refractivity contribution is 0.587. The van der Waals surface area contributed by atoms with Gasteiger partial charge in [-0.25, -0.2) is 0 Å². The van der Waals surface area contributed by atoms with E-state index in [-0.39, 0.29) is 0 Å². The summed E-state index contributed by atoms with van der Waals surface area (Å²) in [6.07, 6.45) is 0. The predicted molar refractivity (Wildman–Crippen MR) is 65.7 cm³/mol. The summed E-state index contributed by atoms with van der Waals surface area (Å²) < 4.78 is 11.5. The molecule has 0 radical (unpaired) electrons. The summed E-state index contributed by atoms with van der Waals surface area (Å²) in [4.78, 5) is 0. The zero-order valence-electron chi connectivity index (χ0n) is 8.26. The van der Waals surface area contributed by atoms with Gasteiger partial charge in [-0.05, 0) is 36.4 Å². The molecule has 1 aliphatic heterocycles. The van der Waals surface area contributed by atoms with Crippen molar-refractivity contribution in [3.8, 4) is 11.5 Å². The highest BCUT2D eigenvalue weighted by atomic mass is 35.5. The van der Waals surface area contributed by atoms with Crippen LogP contribution in [0, 0.1) is 0 Å². The van der Waals surface area contributed by atoms with E-state index in [9.17, 15) is 0 Å². The Balaban J connectivity index is 1.88. The molecule has 0 saturated heterocycles. The number of hydrogen-bond acceptors (Lipinski definition) is 2. The fourth-order valence-electron chi connectivity index (χ4n) is 1.47. The molecular formula is C12H8ClO2P. The Kier molecular flexibility index (Phi) is 2.47. The van der Waals surface area contributed by atoms with E-state index in [1.54, 1.807) is 0 Å². The van der Waals surface area contributed by atoms with Gasteiger partial charge in [-0.1, -0.05) is 23.7 Å². The van der Waals surface area contributed by atoms with Gasteiger partial charge in [0.25, 0.3) is 0 Å². The smallest absolute Gasteiger partial charge is 0.326 e. The van der Waals surface area contributed by atoms with Gasteiger partial charge in [0.2, 0.25) is 0 Å². The molecule has 4 heteroatoms. The first-order chi connectivity index (χ1) is 7.83. The van der Waals surface area contributed by atoms with Gasteiger partial charge in [-0.3, -0.25) is 0 Å². The summed E-state index contributed by atoms with van der Waals surface area (Å²) >= 11 is 5.83. The van der Waals surface area contributed by atoms with Gasteiger partial charge in [0.1, 0.15) is 0 Å².